The first-order valence-electron chi connectivity index (χ1n) is 5.04. The molecular weight excluding hydrogens is 266 g/mol. The summed E-state index contributed by atoms with van der Waals surface area (Å²) in [6.45, 7) is 2.06. The maximum atomic E-state index is 4.26. The van der Waals surface area contributed by atoms with Gasteiger partial charge in [-0.2, -0.15) is 0 Å². The summed E-state index contributed by atoms with van der Waals surface area (Å²) < 4.78 is 1.06. The first-order chi connectivity index (χ1) is 7.75. The fraction of sp³-hybridized carbons (Fsp3) is 0.167. The van der Waals surface area contributed by atoms with E-state index in [4.69, 9.17) is 0 Å². The van der Waals surface area contributed by atoms with Crippen LogP contribution in [-0.2, 0) is 0 Å². The standard InChI is InChI=1S/C12H12BrN3/c1-9(12-8-14-5-6-15-12)16-11-4-2-3-10(13)7-11/h2-9,16H,1H3. The zero-order valence-corrected chi connectivity index (χ0v) is 10.5. The molecule has 0 bridgehead atoms. The van der Waals surface area contributed by atoms with E-state index in [0.717, 1.165) is 15.9 Å². The molecule has 82 valence electrons. The lowest BCUT2D eigenvalue weighted by Gasteiger charge is -2.14. The van der Waals surface area contributed by atoms with Crippen molar-refractivity contribution in [2.45, 2.75) is 13.0 Å². The van der Waals surface area contributed by atoms with Crippen LogP contribution in [0.3, 0.4) is 0 Å². The van der Waals surface area contributed by atoms with Crippen molar-refractivity contribution in [2.75, 3.05) is 5.32 Å². The van der Waals surface area contributed by atoms with Crippen molar-refractivity contribution in [3.05, 3.63) is 53.0 Å². The summed E-state index contributed by atoms with van der Waals surface area (Å²) in [6.07, 6.45) is 5.15. The van der Waals surface area contributed by atoms with Crippen LogP contribution in [0.5, 0.6) is 0 Å². The maximum Gasteiger partial charge on any atom is 0.0806 e. The van der Waals surface area contributed by atoms with Gasteiger partial charge < -0.3 is 5.32 Å². The predicted octanol–water partition coefficient (Wildman–Crippen LogP) is 3.41. The molecule has 0 saturated carbocycles. The second kappa shape index (κ2) is 5.07. The van der Waals surface area contributed by atoms with Crippen LogP contribution >= 0.6 is 15.9 Å². The number of nitrogens with one attached hydrogen (secondary N) is 1. The van der Waals surface area contributed by atoms with Crippen molar-refractivity contribution >= 4 is 21.6 Å². The largest absolute Gasteiger partial charge is 0.377 e. The Labute approximate surface area is 103 Å². The van der Waals surface area contributed by atoms with E-state index in [1.807, 2.05) is 24.3 Å². The van der Waals surface area contributed by atoms with E-state index in [1.54, 1.807) is 18.6 Å². The average molecular weight is 278 g/mol. The summed E-state index contributed by atoms with van der Waals surface area (Å²) in [6, 6.07) is 8.20. The minimum Gasteiger partial charge on any atom is -0.377 e. The highest BCUT2D eigenvalue weighted by Crippen LogP contribution is 2.20. The number of aromatic nitrogens is 2. The van der Waals surface area contributed by atoms with Crippen molar-refractivity contribution < 1.29 is 0 Å². The molecule has 4 heteroatoms. The Kier molecular flexibility index (Phi) is 3.51. The van der Waals surface area contributed by atoms with Crippen LogP contribution in [0.25, 0.3) is 0 Å². The Morgan fingerprint density at radius 1 is 1.31 bits per heavy atom. The van der Waals surface area contributed by atoms with Gasteiger partial charge in [0.25, 0.3) is 0 Å². The third-order valence-corrected chi connectivity index (χ3v) is 2.73. The number of nitrogens with zero attached hydrogens (tertiary/aromatic N) is 2. The summed E-state index contributed by atoms with van der Waals surface area (Å²) >= 11 is 3.44. The Hall–Kier alpha value is -1.42. The fourth-order valence-corrected chi connectivity index (χ4v) is 1.84. The molecule has 3 nitrogen and oxygen atoms in total. The summed E-state index contributed by atoms with van der Waals surface area (Å²) in [5.41, 5.74) is 2.00. The van der Waals surface area contributed by atoms with Crippen LogP contribution < -0.4 is 5.32 Å². The zero-order chi connectivity index (χ0) is 11.4. The third-order valence-electron chi connectivity index (χ3n) is 2.23. The molecule has 0 saturated heterocycles. The lowest BCUT2D eigenvalue weighted by molar-refractivity contribution is 0.827. The van der Waals surface area contributed by atoms with E-state index < -0.39 is 0 Å². The second-order valence-electron chi connectivity index (χ2n) is 3.51. The van der Waals surface area contributed by atoms with Crippen LogP contribution in [0, 0.1) is 0 Å². The Morgan fingerprint density at radius 2 is 2.19 bits per heavy atom. The molecular formula is C12H12BrN3. The van der Waals surface area contributed by atoms with E-state index in [-0.39, 0.29) is 6.04 Å². The van der Waals surface area contributed by atoms with Gasteiger partial charge in [-0.1, -0.05) is 22.0 Å². The summed E-state index contributed by atoms with van der Waals surface area (Å²) in [5.74, 6) is 0. The lowest BCUT2D eigenvalue weighted by atomic mass is 10.2. The smallest absolute Gasteiger partial charge is 0.0806 e. The number of hydrogen-bond donors (Lipinski definition) is 1. The highest BCUT2D eigenvalue weighted by Gasteiger charge is 2.06. The molecule has 0 fully saturated rings. The number of rotatable bonds is 3. The molecule has 0 aliphatic rings. The topological polar surface area (TPSA) is 37.8 Å². The number of hydrogen-bond acceptors (Lipinski definition) is 3. The van der Waals surface area contributed by atoms with Crippen LogP contribution in [0.1, 0.15) is 18.7 Å². The SMILES string of the molecule is CC(Nc1cccc(Br)c1)c1cnccn1. The first-order valence-corrected chi connectivity index (χ1v) is 5.83. The van der Waals surface area contributed by atoms with Crippen LogP contribution in [0.15, 0.2) is 47.3 Å². The summed E-state index contributed by atoms with van der Waals surface area (Å²) in [5, 5.41) is 3.37. The van der Waals surface area contributed by atoms with Gasteiger partial charge in [-0.3, -0.25) is 9.97 Å². The molecule has 0 aliphatic heterocycles. The quantitative estimate of drug-likeness (QED) is 0.934. The molecule has 1 unspecified atom stereocenters. The molecule has 1 N–H and O–H groups in total. The van der Waals surface area contributed by atoms with Gasteiger partial charge in [0.2, 0.25) is 0 Å². The molecule has 0 spiro atoms. The fourth-order valence-electron chi connectivity index (χ4n) is 1.44. The van der Waals surface area contributed by atoms with Crippen molar-refractivity contribution in [3.8, 4) is 0 Å². The van der Waals surface area contributed by atoms with Crippen LogP contribution in [0.2, 0.25) is 0 Å². The zero-order valence-electron chi connectivity index (χ0n) is 8.89. The van der Waals surface area contributed by atoms with E-state index in [0.29, 0.717) is 0 Å². The molecule has 0 amide bonds. The highest BCUT2D eigenvalue weighted by molar-refractivity contribution is 9.10. The minimum atomic E-state index is 0.142. The maximum absolute atomic E-state index is 4.26. The normalized spacial score (nSPS) is 12.1. The number of benzene rings is 1. The van der Waals surface area contributed by atoms with Gasteiger partial charge in [0.1, 0.15) is 0 Å². The van der Waals surface area contributed by atoms with Crippen LogP contribution in [-0.4, -0.2) is 9.97 Å². The van der Waals surface area contributed by atoms with E-state index in [1.165, 1.54) is 0 Å². The summed E-state index contributed by atoms with van der Waals surface area (Å²) in [4.78, 5) is 8.31. The molecule has 2 rings (SSSR count). The van der Waals surface area contributed by atoms with Gasteiger partial charge in [-0.25, -0.2) is 0 Å². The van der Waals surface area contributed by atoms with Crippen LogP contribution in [0.4, 0.5) is 5.69 Å². The predicted molar refractivity (Wildman–Crippen MR) is 68.2 cm³/mol. The second-order valence-corrected chi connectivity index (χ2v) is 4.42. The van der Waals surface area contributed by atoms with Crippen molar-refractivity contribution in [1.82, 2.24) is 9.97 Å². The molecule has 1 heterocycles. The minimum absolute atomic E-state index is 0.142. The molecule has 1 aromatic heterocycles. The van der Waals surface area contributed by atoms with Gasteiger partial charge >= 0.3 is 0 Å². The molecule has 1 atom stereocenters. The average Bonchev–Trinajstić information content (AvgIpc) is 2.30. The van der Waals surface area contributed by atoms with Gasteiger partial charge in [0.05, 0.1) is 17.9 Å². The van der Waals surface area contributed by atoms with Gasteiger partial charge in [0.15, 0.2) is 0 Å². The monoisotopic (exact) mass is 277 g/mol. The molecule has 16 heavy (non-hydrogen) atoms. The first kappa shape index (κ1) is 11.1. The van der Waals surface area contributed by atoms with Gasteiger partial charge in [0, 0.05) is 22.6 Å². The molecule has 0 radical (unpaired) electrons. The van der Waals surface area contributed by atoms with Crippen molar-refractivity contribution in [1.29, 1.82) is 0 Å². The van der Waals surface area contributed by atoms with Gasteiger partial charge in [-0.15, -0.1) is 0 Å². The Bertz CT molecular complexity index is 459. The molecule has 0 aliphatic carbocycles. The Balaban J connectivity index is 2.11. The van der Waals surface area contributed by atoms with Crippen molar-refractivity contribution in [2.24, 2.45) is 0 Å². The molecule has 1 aromatic carbocycles. The number of anilines is 1. The molecule has 2 aromatic rings. The Morgan fingerprint density at radius 3 is 2.88 bits per heavy atom. The lowest BCUT2D eigenvalue weighted by Crippen LogP contribution is -2.08. The summed E-state index contributed by atoms with van der Waals surface area (Å²) in [7, 11) is 0. The van der Waals surface area contributed by atoms with E-state index in [2.05, 4.69) is 38.1 Å². The highest BCUT2D eigenvalue weighted by atomic mass is 79.9. The van der Waals surface area contributed by atoms with Crippen molar-refractivity contribution in [3.63, 3.8) is 0 Å². The van der Waals surface area contributed by atoms with Gasteiger partial charge in [-0.05, 0) is 25.1 Å². The van der Waals surface area contributed by atoms with E-state index >= 15 is 0 Å². The third kappa shape index (κ3) is 2.79. The van der Waals surface area contributed by atoms with E-state index in [9.17, 15) is 0 Å². The number of halogens is 1.